The number of carboxylic acid groups (broad SMARTS) is 1. The smallest absolute Gasteiger partial charge is 0.335 e. The maximum absolute atomic E-state index is 11.4. The van der Waals surface area contributed by atoms with Crippen molar-refractivity contribution in [1.82, 2.24) is 0 Å². The van der Waals surface area contributed by atoms with Crippen LogP contribution in [0.5, 0.6) is 0 Å². The van der Waals surface area contributed by atoms with E-state index in [0.717, 1.165) is 6.26 Å². The number of halogens is 1. The van der Waals surface area contributed by atoms with Crippen LogP contribution >= 0.6 is 11.6 Å². The van der Waals surface area contributed by atoms with Crippen LogP contribution in [0.4, 0.5) is 11.4 Å². The van der Waals surface area contributed by atoms with Gasteiger partial charge in [0, 0.05) is 11.9 Å². The van der Waals surface area contributed by atoms with Gasteiger partial charge in [0.05, 0.1) is 21.2 Å². The molecule has 0 aromatic heterocycles. The molecule has 2 aromatic carbocycles. The third kappa shape index (κ3) is 3.74. The summed E-state index contributed by atoms with van der Waals surface area (Å²) < 4.78 is 22.7. The first kappa shape index (κ1) is 15.3. The van der Waals surface area contributed by atoms with Crippen LogP contribution in [0.15, 0.2) is 47.4 Å². The zero-order valence-electron chi connectivity index (χ0n) is 11.0. The Hall–Kier alpha value is -2.05. The standard InChI is InChI=1S/C14H12ClNO4S/c1-21(19,20)11-5-3-10(4-6-11)16-13-7-2-9(14(17)18)8-12(13)15/h2-8,16H,1H3,(H,17,18). The minimum atomic E-state index is -3.23. The second-order valence-corrected chi connectivity index (χ2v) is 6.84. The molecule has 0 fully saturated rings. The molecule has 0 amide bonds. The van der Waals surface area contributed by atoms with Crippen LogP contribution in [-0.2, 0) is 9.84 Å². The highest BCUT2D eigenvalue weighted by molar-refractivity contribution is 7.90. The summed E-state index contributed by atoms with van der Waals surface area (Å²) in [5.74, 6) is -1.05. The molecule has 21 heavy (non-hydrogen) atoms. The van der Waals surface area contributed by atoms with Crippen molar-refractivity contribution in [3.8, 4) is 0 Å². The Kier molecular flexibility index (Phi) is 4.20. The molecule has 0 saturated heterocycles. The van der Waals surface area contributed by atoms with E-state index in [1.807, 2.05) is 0 Å². The second kappa shape index (κ2) is 5.75. The van der Waals surface area contributed by atoms with Gasteiger partial charge in [-0.25, -0.2) is 13.2 Å². The Morgan fingerprint density at radius 3 is 2.24 bits per heavy atom. The minimum absolute atomic E-state index is 0.0953. The quantitative estimate of drug-likeness (QED) is 0.902. The number of hydrogen-bond acceptors (Lipinski definition) is 4. The van der Waals surface area contributed by atoms with Crippen molar-refractivity contribution in [1.29, 1.82) is 0 Å². The average Bonchev–Trinajstić information content (AvgIpc) is 2.40. The van der Waals surface area contributed by atoms with E-state index >= 15 is 0 Å². The van der Waals surface area contributed by atoms with Crippen molar-refractivity contribution in [2.24, 2.45) is 0 Å². The number of benzene rings is 2. The fourth-order valence-corrected chi connectivity index (χ4v) is 2.55. The highest BCUT2D eigenvalue weighted by atomic mass is 35.5. The van der Waals surface area contributed by atoms with Crippen molar-refractivity contribution in [2.45, 2.75) is 4.90 Å². The lowest BCUT2D eigenvalue weighted by Gasteiger charge is -2.09. The van der Waals surface area contributed by atoms with Gasteiger partial charge in [0.1, 0.15) is 0 Å². The lowest BCUT2D eigenvalue weighted by Crippen LogP contribution is -1.99. The van der Waals surface area contributed by atoms with E-state index in [9.17, 15) is 13.2 Å². The number of nitrogens with one attached hydrogen (secondary N) is 1. The summed E-state index contributed by atoms with van der Waals surface area (Å²) in [6.07, 6.45) is 1.14. The highest BCUT2D eigenvalue weighted by Crippen LogP contribution is 2.27. The lowest BCUT2D eigenvalue weighted by atomic mass is 10.2. The summed E-state index contributed by atoms with van der Waals surface area (Å²) >= 11 is 6.01. The number of carbonyl (C=O) groups is 1. The fourth-order valence-electron chi connectivity index (χ4n) is 1.69. The number of hydrogen-bond donors (Lipinski definition) is 2. The minimum Gasteiger partial charge on any atom is -0.478 e. The molecule has 0 aliphatic carbocycles. The van der Waals surface area contributed by atoms with Crippen molar-refractivity contribution in [2.75, 3.05) is 11.6 Å². The van der Waals surface area contributed by atoms with Crippen molar-refractivity contribution in [3.05, 3.63) is 53.1 Å². The van der Waals surface area contributed by atoms with Crippen LogP contribution in [0.1, 0.15) is 10.4 Å². The Labute approximate surface area is 127 Å². The van der Waals surface area contributed by atoms with Crippen LogP contribution in [0.3, 0.4) is 0 Å². The maximum Gasteiger partial charge on any atom is 0.335 e. The maximum atomic E-state index is 11.4. The topological polar surface area (TPSA) is 83.5 Å². The van der Waals surface area contributed by atoms with Crippen LogP contribution in [-0.4, -0.2) is 25.7 Å². The van der Waals surface area contributed by atoms with E-state index in [1.165, 1.54) is 24.3 Å². The predicted octanol–water partition coefficient (Wildman–Crippen LogP) is 3.19. The SMILES string of the molecule is CS(=O)(=O)c1ccc(Nc2ccc(C(=O)O)cc2Cl)cc1. The molecule has 0 unspecified atom stereocenters. The van der Waals surface area contributed by atoms with Crippen LogP contribution in [0.2, 0.25) is 5.02 Å². The molecule has 0 atom stereocenters. The normalized spacial score (nSPS) is 11.1. The van der Waals surface area contributed by atoms with E-state index in [1.54, 1.807) is 18.2 Å². The number of aromatic carboxylic acids is 1. The molecule has 0 bridgehead atoms. The first-order valence-electron chi connectivity index (χ1n) is 5.87. The molecule has 7 heteroatoms. The summed E-state index contributed by atoms with van der Waals surface area (Å²) in [7, 11) is -3.23. The first-order valence-corrected chi connectivity index (χ1v) is 8.14. The van der Waals surface area contributed by atoms with Gasteiger partial charge in [0.15, 0.2) is 9.84 Å². The van der Waals surface area contributed by atoms with Crippen molar-refractivity contribution < 1.29 is 18.3 Å². The molecule has 0 radical (unpaired) electrons. The molecule has 2 N–H and O–H groups in total. The second-order valence-electron chi connectivity index (χ2n) is 4.42. The Balaban J connectivity index is 2.24. The van der Waals surface area contributed by atoms with E-state index in [-0.39, 0.29) is 15.5 Å². The summed E-state index contributed by atoms with van der Waals surface area (Å²) in [4.78, 5) is 11.0. The van der Waals surface area contributed by atoms with Crippen LogP contribution < -0.4 is 5.32 Å². The molecule has 5 nitrogen and oxygen atoms in total. The van der Waals surface area contributed by atoms with E-state index in [0.29, 0.717) is 11.4 Å². The van der Waals surface area contributed by atoms with Gasteiger partial charge >= 0.3 is 5.97 Å². The van der Waals surface area contributed by atoms with Gasteiger partial charge in [-0.15, -0.1) is 0 Å². The van der Waals surface area contributed by atoms with E-state index in [2.05, 4.69) is 5.32 Å². The molecular formula is C14H12ClNO4S. The van der Waals surface area contributed by atoms with Gasteiger partial charge in [-0.1, -0.05) is 11.6 Å². The predicted molar refractivity (Wildman–Crippen MR) is 81.2 cm³/mol. The fraction of sp³-hybridized carbons (Fsp3) is 0.0714. The zero-order chi connectivity index (χ0) is 15.6. The molecule has 2 rings (SSSR count). The molecule has 0 heterocycles. The molecule has 0 saturated carbocycles. The third-order valence-corrected chi connectivity index (χ3v) is 4.22. The van der Waals surface area contributed by atoms with Crippen LogP contribution in [0, 0.1) is 0 Å². The van der Waals surface area contributed by atoms with Gasteiger partial charge in [-0.3, -0.25) is 0 Å². The molecule has 2 aromatic rings. The molecule has 0 aliphatic heterocycles. The number of sulfone groups is 1. The molecular weight excluding hydrogens is 314 g/mol. The summed E-state index contributed by atoms with van der Waals surface area (Å²) in [6.45, 7) is 0. The largest absolute Gasteiger partial charge is 0.478 e. The number of carboxylic acids is 1. The highest BCUT2D eigenvalue weighted by Gasteiger charge is 2.09. The Bertz CT molecular complexity index is 785. The monoisotopic (exact) mass is 325 g/mol. The van der Waals surface area contributed by atoms with Gasteiger partial charge in [-0.2, -0.15) is 0 Å². The van der Waals surface area contributed by atoms with Crippen molar-refractivity contribution >= 4 is 38.8 Å². The lowest BCUT2D eigenvalue weighted by molar-refractivity contribution is 0.0697. The van der Waals surface area contributed by atoms with Gasteiger partial charge in [0.25, 0.3) is 0 Å². The molecule has 0 aliphatic rings. The van der Waals surface area contributed by atoms with Gasteiger partial charge < -0.3 is 10.4 Å². The average molecular weight is 326 g/mol. The summed E-state index contributed by atoms with van der Waals surface area (Å²) in [5.41, 5.74) is 1.28. The van der Waals surface area contributed by atoms with Crippen molar-refractivity contribution in [3.63, 3.8) is 0 Å². The molecule has 0 spiro atoms. The van der Waals surface area contributed by atoms with E-state index < -0.39 is 15.8 Å². The number of rotatable bonds is 4. The third-order valence-electron chi connectivity index (χ3n) is 2.78. The first-order chi connectivity index (χ1) is 9.77. The summed E-state index contributed by atoms with van der Waals surface area (Å²) in [6, 6.07) is 10.5. The van der Waals surface area contributed by atoms with Crippen LogP contribution in [0.25, 0.3) is 0 Å². The zero-order valence-corrected chi connectivity index (χ0v) is 12.6. The Morgan fingerprint density at radius 2 is 1.76 bits per heavy atom. The Morgan fingerprint density at radius 1 is 1.14 bits per heavy atom. The molecule has 110 valence electrons. The number of anilines is 2. The van der Waals surface area contributed by atoms with Gasteiger partial charge in [-0.05, 0) is 42.5 Å². The van der Waals surface area contributed by atoms with E-state index in [4.69, 9.17) is 16.7 Å². The summed E-state index contributed by atoms with van der Waals surface area (Å²) in [5, 5.41) is 12.1. The van der Waals surface area contributed by atoms with Gasteiger partial charge in [0.2, 0.25) is 0 Å².